The van der Waals surface area contributed by atoms with Gasteiger partial charge in [-0.15, -0.1) is 0 Å². The van der Waals surface area contributed by atoms with Gasteiger partial charge in [-0.05, 0) is 12.1 Å². The van der Waals surface area contributed by atoms with Crippen molar-refractivity contribution in [3.05, 3.63) is 35.6 Å². The number of imidazole rings is 1. The molecule has 2 rings (SSSR count). The number of hydrogen-bond donors (Lipinski definition) is 0. The van der Waals surface area contributed by atoms with Crippen LogP contribution in [0.2, 0.25) is 0 Å². The fourth-order valence-electron chi connectivity index (χ4n) is 1.25. The van der Waals surface area contributed by atoms with E-state index in [-0.39, 0.29) is 5.82 Å². The Labute approximate surface area is 68.2 Å². The van der Waals surface area contributed by atoms with Gasteiger partial charge in [0.25, 0.3) is 0 Å². The Morgan fingerprint density at radius 1 is 1.50 bits per heavy atom. The molecule has 0 saturated heterocycles. The highest BCUT2D eigenvalue weighted by Gasteiger charge is 2.08. The van der Waals surface area contributed by atoms with E-state index in [1.54, 1.807) is 11.6 Å². The first-order valence-electron chi connectivity index (χ1n) is 3.52. The van der Waals surface area contributed by atoms with E-state index in [1.807, 2.05) is 0 Å². The summed E-state index contributed by atoms with van der Waals surface area (Å²) in [5.74, 6) is -0.329. The van der Waals surface area contributed by atoms with E-state index >= 15 is 0 Å². The highest BCUT2D eigenvalue weighted by atomic mass is 19.1. The molecule has 3 nitrogen and oxygen atoms in total. The third kappa shape index (κ3) is 0.845. The Morgan fingerprint density at radius 3 is 3.00 bits per heavy atom. The molecule has 0 unspecified atom stereocenters. The first kappa shape index (κ1) is 7.09. The van der Waals surface area contributed by atoms with Gasteiger partial charge in [-0.25, -0.2) is 13.7 Å². The molecule has 0 radical (unpaired) electrons. The molecule has 0 aliphatic carbocycles. The third-order valence-corrected chi connectivity index (χ3v) is 1.83. The normalized spacial score (nSPS) is 10.8. The van der Waals surface area contributed by atoms with Gasteiger partial charge in [0.15, 0.2) is 11.0 Å². The Bertz CT molecular complexity index is 436. The standard InChI is InChI=1S/C8H7FN2O/c1-10-5-11(12)7-3-2-6(9)4-8(7)10/h2-5H,1H3. The first-order chi connectivity index (χ1) is 5.68. The van der Waals surface area contributed by atoms with Crippen molar-refractivity contribution in [2.75, 3.05) is 0 Å². The number of benzene rings is 1. The van der Waals surface area contributed by atoms with Gasteiger partial charge in [-0.1, -0.05) is 0 Å². The van der Waals surface area contributed by atoms with Gasteiger partial charge in [0, 0.05) is 6.07 Å². The lowest BCUT2D eigenvalue weighted by atomic mass is 10.3. The molecule has 62 valence electrons. The molecule has 12 heavy (non-hydrogen) atoms. The zero-order valence-corrected chi connectivity index (χ0v) is 6.49. The molecule has 0 fully saturated rings. The second kappa shape index (κ2) is 2.20. The molecule has 0 atom stereocenters. The van der Waals surface area contributed by atoms with E-state index in [4.69, 9.17) is 0 Å². The SMILES string of the molecule is Cn1c[n+]([O-])c2ccc(F)cc21. The Balaban J connectivity index is 2.90. The maximum Gasteiger partial charge on any atom is 0.247 e. The summed E-state index contributed by atoms with van der Waals surface area (Å²) < 4.78 is 15.0. The summed E-state index contributed by atoms with van der Waals surface area (Å²) >= 11 is 0. The maximum atomic E-state index is 12.7. The Hall–Kier alpha value is -1.58. The molecule has 4 heteroatoms. The molecular formula is C8H7FN2O. The number of aryl methyl sites for hydroxylation is 1. The van der Waals surface area contributed by atoms with Gasteiger partial charge in [0.2, 0.25) is 6.33 Å². The van der Waals surface area contributed by atoms with E-state index in [2.05, 4.69) is 0 Å². The van der Waals surface area contributed by atoms with Gasteiger partial charge in [-0.2, -0.15) is 0 Å². The second-order valence-electron chi connectivity index (χ2n) is 2.69. The minimum absolute atomic E-state index is 0.329. The highest BCUT2D eigenvalue weighted by Crippen LogP contribution is 2.10. The molecule has 1 heterocycles. The van der Waals surface area contributed by atoms with Crippen LogP contribution in [0.4, 0.5) is 4.39 Å². The molecule has 2 aromatic rings. The molecule has 1 aromatic carbocycles. The first-order valence-corrected chi connectivity index (χ1v) is 3.52. The predicted octanol–water partition coefficient (Wildman–Crippen LogP) is 0.951. The average Bonchev–Trinajstić information content (AvgIpc) is 2.28. The van der Waals surface area contributed by atoms with E-state index in [1.165, 1.54) is 24.5 Å². The van der Waals surface area contributed by atoms with Crippen LogP contribution in [0, 0.1) is 11.0 Å². The van der Waals surface area contributed by atoms with Crippen molar-refractivity contribution >= 4 is 11.0 Å². The molecular weight excluding hydrogens is 159 g/mol. The van der Waals surface area contributed by atoms with Gasteiger partial charge in [0.05, 0.1) is 7.05 Å². The molecule has 0 spiro atoms. The monoisotopic (exact) mass is 166 g/mol. The van der Waals surface area contributed by atoms with Crippen molar-refractivity contribution in [2.24, 2.45) is 7.05 Å². The molecule has 0 N–H and O–H groups in total. The topological polar surface area (TPSA) is 31.9 Å². The molecule has 0 saturated carbocycles. The number of rotatable bonds is 0. The largest absolute Gasteiger partial charge is 0.710 e. The summed E-state index contributed by atoms with van der Waals surface area (Å²) in [6.45, 7) is 0. The number of hydrogen-bond acceptors (Lipinski definition) is 1. The quantitative estimate of drug-likeness (QED) is 0.423. The second-order valence-corrected chi connectivity index (χ2v) is 2.69. The molecule has 0 amide bonds. The van der Waals surface area contributed by atoms with Crippen LogP contribution in [-0.2, 0) is 7.05 Å². The van der Waals surface area contributed by atoms with Crippen LogP contribution >= 0.6 is 0 Å². The minimum atomic E-state index is -0.329. The zero-order chi connectivity index (χ0) is 8.72. The van der Waals surface area contributed by atoms with Crippen molar-refractivity contribution in [1.29, 1.82) is 0 Å². The lowest BCUT2D eigenvalue weighted by molar-refractivity contribution is -0.577. The molecule has 0 bridgehead atoms. The summed E-state index contributed by atoms with van der Waals surface area (Å²) in [6.07, 6.45) is 1.37. The van der Waals surface area contributed by atoms with Crippen LogP contribution in [0.3, 0.4) is 0 Å². The van der Waals surface area contributed by atoms with Crippen molar-refractivity contribution in [3.63, 3.8) is 0 Å². The minimum Gasteiger partial charge on any atom is -0.710 e. The van der Waals surface area contributed by atoms with Crippen LogP contribution in [0.5, 0.6) is 0 Å². The zero-order valence-electron chi connectivity index (χ0n) is 6.49. The summed E-state index contributed by atoms with van der Waals surface area (Å²) in [4.78, 5) is 0. The smallest absolute Gasteiger partial charge is 0.247 e. The van der Waals surface area contributed by atoms with Gasteiger partial charge >= 0.3 is 0 Å². The van der Waals surface area contributed by atoms with E-state index in [0.717, 1.165) is 4.73 Å². The summed E-state index contributed by atoms with van der Waals surface area (Å²) in [5.41, 5.74) is 1.09. The van der Waals surface area contributed by atoms with Crippen molar-refractivity contribution in [3.8, 4) is 0 Å². The van der Waals surface area contributed by atoms with Gasteiger partial charge < -0.3 is 5.21 Å². The van der Waals surface area contributed by atoms with Crippen LogP contribution < -0.4 is 4.73 Å². The van der Waals surface area contributed by atoms with E-state index < -0.39 is 0 Å². The van der Waals surface area contributed by atoms with Crippen LogP contribution in [0.25, 0.3) is 11.0 Å². The lowest BCUT2D eigenvalue weighted by Gasteiger charge is -1.94. The van der Waals surface area contributed by atoms with Crippen molar-refractivity contribution in [2.45, 2.75) is 0 Å². The van der Waals surface area contributed by atoms with Crippen molar-refractivity contribution in [1.82, 2.24) is 4.57 Å². The number of fused-ring (bicyclic) bond motifs is 1. The lowest BCUT2D eigenvalue weighted by Crippen LogP contribution is -2.22. The van der Waals surface area contributed by atoms with Gasteiger partial charge in [-0.3, -0.25) is 0 Å². The van der Waals surface area contributed by atoms with Crippen LogP contribution in [0.15, 0.2) is 24.5 Å². The van der Waals surface area contributed by atoms with Gasteiger partial charge in [0.1, 0.15) is 5.82 Å². The average molecular weight is 166 g/mol. The fraction of sp³-hybridized carbons (Fsp3) is 0.125. The molecule has 0 aliphatic heterocycles. The maximum absolute atomic E-state index is 12.7. The Morgan fingerprint density at radius 2 is 2.25 bits per heavy atom. The highest BCUT2D eigenvalue weighted by molar-refractivity contribution is 5.71. The summed E-state index contributed by atoms with van der Waals surface area (Å²) in [6, 6.07) is 4.08. The fourth-order valence-corrected chi connectivity index (χ4v) is 1.25. The molecule has 0 aliphatic rings. The summed E-state index contributed by atoms with van der Waals surface area (Å²) in [7, 11) is 1.70. The summed E-state index contributed by atoms with van der Waals surface area (Å²) in [5, 5.41) is 11.1. The number of aromatic nitrogens is 2. The third-order valence-electron chi connectivity index (χ3n) is 1.83. The van der Waals surface area contributed by atoms with Crippen LogP contribution in [0.1, 0.15) is 0 Å². The number of halogens is 1. The Kier molecular flexibility index (Phi) is 1.30. The van der Waals surface area contributed by atoms with E-state index in [0.29, 0.717) is 11.0 Å². The number of nitrogens with zero attached hydrogens (tertiary/aromatic N) is 2. The van der Waals surface area contributed by atoms with Crippen LogP contribution in [-0.4, -0.2) is 4.57 Å². The molecule has 1 aromatic heterocycles. The van der Waals surface area contributed by atoms with E-state index in [9.17, 15) is 9.60 Å². The van der Waals surface area contributed by atoms with Crippen molar-refractivity contribution < 1.29 is 9.12 Å². The predicted molar refractivity (Wildman–Crippen MR) is 41.8 cm³/mol.